The van der Waals surface area contributed by atoms with E-state index in [0.29, 0.717) is 12.8 Å². The van der Waals surface area contributed by atoms with Gasteiger partial charge in [-0.25, -0.2) is 8.42 Å². The fourth-order valence-corrected chi connectivity index (χ4v) is 4.26. The van der Waals surface area contributed by atoms with E-state index >= 15 is 0 Å². The highest BCUT2D eigenvalue weighted by Gasteiger charge is 2.37. The number of hydrogen-bond acceptors (Lipinski definition) is 4. The maximum atomic E-state index is 12.2. The molecule has 104 valence electrons. The highest BCUT2D eigenvalue weighted by atomic mass is 32.2. The summed E-state index contributed by atoms with van der Waals surface area (Å²) in [6.07, 6.45) is 5.67. The van der Waals surface area contributed by atoms with E-state index < -0.39 is 15.4 Å². The number of rotatable bonds is 2. The molecule has 5 nitrogen and oxygen atoms in total. The molecule has 0 atom stereocenters. The normalized spacial score (nSPS) is 27.6. The summed E-state index contributed by atoms with van der Waals surface area (Å²) in [7, 11) is -2.87. The number of nitrogens with one attached hydrogen (secondary N) is 1. The topological polar surface area (TPSA) is 89.3 Å². The highest BCUT2D eigenvalue weighted by molar-refractivity contribution is 7.91. The molecule has 0 bridgehead atoms. The van der Waals surface area contributed by atoms with Crippen LogP contribution in [0.1, 0.15) is 44.9 Å². The summed E-state index contributed by atoms with van der Waals surface area (Å²) in [5.41, 5.74) is 5.42. The Hall–Kier alpha value is -0.620. The maximum absolute atomic E-state index is 12.2. The summed E-state index contributed by atoms with van der Waals surface area (Å²) in [5.74, 6) is 0.261. The zero-order valence-corrected chi connectivity index (χ0v) is 11.5. The monoisotopic (exact) mass is 274 g/mol. The number of nitrogens with two attached hydrogens (primary N) is 1. The minimum atomic E-state index is -2.87. The second kappa shape index (κ2) is 5.17. The standard InChI is InChI=1S/C12H22N2O3S/c13-12(6-2-1-3-7-12)11(15)14-10-4-8-18(16,17)9-5-10/h10H,1-9,13H2,(H,14,15). The quantitative estimate of drug-likeness (QED) is 0.760. The van der Waals surface area contributed by atoms with Crippen LogP contribution in [0.3, 0.4) is 0 Å². The Morgan fingerprint density at radius 3 is 2.22 bits per heavy atom. The van der Waals surface area contributed by atoms with Gasteiger partial charge in [0.1, 0.15) is 9.84 Å². The Balaban J connectivity index is 1.88. The molecule has 2 fully saturated rings. The van der Waals surface area contributed by atoms with Gasteiger partial charge in [0.15, 0.2) is 0 Å². The van der Waals surface area contributed by atoms with Gasteiger partial charge in [0, 0.05) is 6.04 Å². The molecule has 1 heterocycles. The van der Waals surface area contributed by atoms with Crippen molar-refractivity contribution in [1.29, 1.82) is 0 Å². The van der Waals surface area contributed by atoms with Crippen molar-refractivity contribution in [3.8, 4) is 0 Å². The number of carbonyl (C=O) groups is 1. The van der Waals surface area contributed by atoms with Crippen LogP contribution in [-0.2, 0) is 14.6 Å². The lowest BCUT2D eigenvalue weighted by atomic mass is 9.81. The molecule has 0 aromatic rings. The van der Waals surface area contributed by atoms with Crippen molar-refractivity contribution in [1.82, 2.24) is 5.32 Å². The van der Waals surface area contributed by atoms with Crippen LogP contribution in [0.5, 0.6) is 0 Å². The zero-order valence-electron chi connectivity index (χ0n) is 10.7. The lowest BCUT2D eigenvalue weighted by molar-refractivity contribution is -0.128. The SMILES string of the molecule is NC1(C(=O)NC2CCS(=O)(=O)CC2)CCCCC1. The Morgan fingerprint density at radius 1 is 1.11 bits per heavy atom. The minimum absolute atomic E-state index is 0.0247. The molecule has 2 aliphatic rings. The number of hydrogen-bond donors (Lipinski definition) is 2. The summed E-state index contributed by atoms with van der Waals surface area (Å²) in [6.45, 7) is 0. The maximum Gasteiger partial charge on any atom is 0.240 e. The summed E-state index contributed by atoms with van der Waals surface area (Å²) in [6, 6.07) is -0.0247. The lowest BCUT2D eigenvalue weighted by Gasteiger charge is -2.34. The van der Waals surface area contributed by atoms with Crippen LogP contribution < -0.4 is 11.1 Å². The lowest BCUT2D eigenvalue weighted by Crippen LogP contribution is -2.57. The van der Waals surface area contributed by atoms with Gasteiger partial charge in [-0.05, 0) is 25.7 Å². The first-order valence-corrected chi connectivity index (χ1v) is 8.54. The second-order valence-electron chi connectivity index (χ2n) is 5.62. The molecule has 18 heavy (non-hydrogen) atoms. The van der Waals surface area contributed by atoms with Gasteiger partial charge in [0.05, 0.1) is 17.0 Å². The molecule has 6 heteroatoms. The molecular weight excluding hydrogens is 252 g/mol. The van der Waals surface area contributed by atoms with Crippen molar-refractivity contribution in [3.63, 3.8) is 0 Å². The molecule has 0 aromatic heterocycles. The van der Waals surface area contributed by atoms with Crippen molar-refractivity contribution in [3.05, 3.63) is 0 Å². The van der Waals surface area contributed by atoms with Crippen molar-refractivity contribution in [2.24, 2.45) is 5.73 Å². The summed E-state index contributed by atoms with van der Waals surface area (Å²) in [5, 5.41) is 2.94. The van der Waals surface area contributed by atoms with Gasteiger partial charge in [0.2, 0.25) is 5.91 Å². The largest absolute Gasteiger partial charge is 0.352 e. The van der Waals surface area contributed by atoms with Crippen molar-refractivity contribution in [2.45, 2.75) is 56.5 Å². The summed E-state index contributed by atoms with van der Waals surface area (Å²) < 4.78 is 22.6. The zero-order chi connectivity index (χ0) is 13.2. The van der Waals surface area contributed by atoms with Crippen molar-refractivity contribution in [2.75, 3.05) is 11.5 Å². The fourth-order valence-electron chi connectivity index (χ4n) is 2.77. The Kier molecular flexibility index (Phi) is 3.96. The fraction of sp³-hybridized carbons (Fsp3) is 0.917. The first-order chi connectivity index (χ1) is 8.41. The molecule has 2 rings (SSSR count). The van der Waals surface area contributed by atoms with Gasteiger partial charge in [0.25, 0.3) is 0 Å². The Morgan fingerprint density at radius 2 is 1.67 bits per heavy atom. The number of carbonyl (C=O) groups excluding carboxylic acids is 1. The van der Waals surface area contributed by atoms with Crippen LogP contribution >= 0.6 is 0 Å². The third-order valence-corrected chi connectivity index (χ3v) is 5.80. The van der Waals surface area contributed by atoms with E-state index in [9.17, 15) is 13.2 Å². The van der Waals surface area contributed by atoms with Gasteiger partial charge in [-0.1, -0.05) is 19.3 Å². The number of sulfone groups is 1. The molecule has 1 aliphatic heterocycles. The molecule has 1 saturated carbocycles. The molecule has 0 spiro atoms. The smallest absolute Gasteiger partial charge is 0.240 e. The van der Waals surface area contributed by atoms with Crippen molar-refractivity contribution < 1.29 is 13.2 Å². The average molecular weight is 274 g/mol. The van der Waals surface area contributed by atoms with Gasteiger partial charge in [-0.2, -0.15) is 0 Å². The first kappa shape index (κ1) is 13.8. The minimum Gasteiger partial charge on any atom is -0.352 e. The molecule has 0 aromatic carbocycles. The predicted octanol–water partition coefficient (Wildman–Crippen LogP) is 0.341. The second-order valence-corrected chi connectivity index (χ2v) is 7.92. The average Bonchev–Trinajstić information content (AvgIpc) is 2.33. The van der Waals surface area contributed by atoms with Gasteiger partial charge >= 0.3 is 0 Å². The van der Waals surface area contributed by atoms with Crippen LogP contribution in [0.15, 0.2) is 0 Å². The Labute approximate surface area is 108 Å². The van der Waals surface area contributed by atoms with E-state index in [1.807, 2.05) is 0 Å². The number of amides is 1. The van der Waals surface area contributed by atoms with Crippen LogP contribution in [0.25, 0.3) is 0 Å². The molecule has 0 radical (unpaired) electrons. The predicted molar refractivity (Wildman–Crippen MR) is 69.8 cm³/mol. The third kappa shape index (κ3) is 3.23. The van der Waals surface area contributed by atoms with Crippen LogP contribution in [0, 0.1) is 0 Å². The summed E-state index contributed by atoms with van der Waals surface area (Å²) >= 11 is 0. The molecule has 0 unspecified atom stereocenters. The van der Waals surface area contributed by atoms with Gasteiger partial charge in [-0.3, -0.25) is 4.79 Å². The first-order valence-electron chi connectivity index (χ1n) is 6.72. The van der Waals surface area contributed by atoms with Crippen LogP contribution in [0.4, 0.5) is 0 Å². The molecule has 1 saturated heterocycles. The van der Waals surface area contributed by atoms with E-state index in [1.54, 1.807) is 0 Å². The molecule has 1 aliphatic carbocycles. The molecule has 3 N–H and O–H groups in total. The van der Waals surface area contributed by atoms with Gasteiger partial charge < -0.3 is 11.1 Å². The van der Waals surface area contributed by atoms with E-state index in [4.69, 9.17) is 5.73 Å². The van der Waals surface area contributed by atoms with Crippen LogP contribution in [0.2, 0.25) is 0 Å². The highest BCUT2D eigenvalue weighted by Crippen LogP contribution is 2.26. The molecule has 1 amide bonds. The third-order valence-electron chi connectivity index (χ3n) is 4.09. The van der Waals surface area contributed by atoms with E-state index in [0.717, 1.165) is 32.1 Å². The summed E-state index contributed by atoms with van der Waals surface area (Å²) in [4.78, 5) is 12.2. The van der Waals surface area contributed by atoms with E-state index in [2.05, 4.69) is 5.32 Å². The molecular formula is C12H22N2O3S. The van der Waals surface area contributed by atoms with E-state index in [1.165, 1.54) is 0 Å². The van der Waals surface area contributed by atoms with Gasteiger partial charge in [-0.15, -0.1) is 0 Å². The Bertz CT molecular complexity index is 399. The van der Waals surface area contributed by atoms with Crippen LogP contribution in [-0.4, -0.2) is 37.4 Å². The van der Waals surface area contributed by atoms with Crippen molar-refractivity contribution >= 4 is 15.7 Å². The van der Waals surface area contributed by atoms with E-state index in [-0.39, 0.29) is 23.5 Å².